The maximum atomic E-state index is 6.35. The average Bonchev–Trinajstić information content (AvgIpc) is 3.21. The second kappa shape index (κ2) is 19.3. The molecule has 0 fully saturated rings. The maximum absolute atomic E-state index is 6.35. The van der Waals surface area contributed by atoms with Crippen LogP contribution in [0.3, 0.4) is 0 Å². The average molecular weight is 781 g/mol. The van der Waals surface area contributed by atoms with Crippen LogP contribution in [0.15, 0.2) is 170 Å². The van der Waals surface area contributed by atoms with Gasteiger partial charge in [-0.05, 0) is 150 Å². The molecular weight excluding hydrogens is 717 g/mol. The summed E-state index contributed by atoms with van der Waals surface area (Å²) in [6.07, 6.45) is 8.97. The van der Waals surface area contributed by atoms with Crippen molar-refractivity contribution in [2.45, 2.75) is 87.7 Å². The van der Waals surface area contributed by atoms with Gasteiger partial charge in [0.2, 0.25) is 0 Å². The number of anilines is 5. The largest absolute Gasteiger partial charge is 0.489 e. The first-order valence-electron chi connectivity index (χ1n) is 21.3. The predicted molar refractivity (Wildman–Crippen MR) is 255 cm³/mol. The molecule has 0 saturated carbocycles. The molecule has 0 heterocycles. The van der Waals surface area contributed by atoms with Crippen molar-refractivity contribution in [3.8, 4) is 5.75 Å². The highest BCUT2D eigenvalue weighted by Gasteiger charge is 2.30. The maximum Gasteiger partial charge on any atom is 0.119 e. The van der Waals surface area contributed by atoms with Crippen molar-refractivity contribution in [3.05, 3.63) is 198 Å². The second-order valence-corrected chi connectivity index (χ2v) is 18.2. The smallest absolute Gasteiger partial charge is 0.119 e. The van der Waals surface area contributed by atoms with Crippen LogP contribution in [0, 0.1) is 24.7 Å². The van der Waals surface area contributed by atoms with Gasteiger partial charge in [0.15, 0.2) is 0 Å². The Bertz CT molecular complexity index is 2290. The first kappa shape index (κ1) is 42.8. The minimum atomic E-state index is 0.196. The summed E-state index contributed by atoms with van der Waals surface area (Å²) in [5.41, 5.74) is 13.5. The second-order valence-electron chi connectivity index (χ2n) is 18.2. The van der Waals surface area contributed by atoms with Gasteiger partial charge in [-0.25, -0.2) is 0 Å². The highest BCUT2D eigenvalue weighted by Crippen LogP contribution is 2.43. The SMILES string of the molecule is CC/C=C\C(=C/CN(c1ccc(OCc2ccc(C(CC(C)(C)C)C(C)(C)C)cc2)cc1)c1cccc(C)c1)c1ccc(N(c2ccccc2)c2cccc(C)c2)cc1. The first-order chi connectivity index (χ1) is 28.3. The van der Waals surface area contributed by atoms with E-state index in [-0.39, 0.29) is 10.8 Å². The molecule has 0 N–H and O–H groups in total. The van der Waals surface area contributed by atoms with Gasteiger partial charge in [0.05, 0.1) is 0 Å². The van der Waals surface area contributed by atoms with E-state index < -0.39 is 0 Å². The molecule has 6 aromatic carbocycles. The molecule has 3 heteroatoms. The van der Waals surface area contributed by atoms with Crippen molar-refractivity contribution in [2.75, 3.05) is 16.3 Å². The van der Waals surface area contributed by atoms with Gasteiger partial charge in [0.25, 0.3) is 0 Å². The molecule has 0 aliphatic carbocycles. The van der Waals surface area contributed by atoms with Crippen molar-refractivity contribution >= 4 is 34.0 Å². The number of benzene rings is 6. The van der Waals surface area contributed by atoms with Gasteiger partial charge < -0.3 is 14.5 Å². The van der Waals surface area contributed by atoms with Gasteiger partial charge in [-0.3, -0.25) is 0 Å². The van der Waals surface area contributed by atoms with Gasteiger partial charge >= 0.3 is 0 Å². The van der Waals surface area contributed by atoms with E-state index >= 15 is 0 Å². The van der Waals surface area contributed by atoms with Crippen molar-refractivity contribution < 1.29 is 4.74 Å². The predicted octanol–water partition coefficient (Wildman–Crippen LogP) is 16.1. The summed E-state index contributed by atoms with van der Waals surface area (Å²) in [7, 11) is 0. The van der Waals surface area contributed by atoms with E-state index in [0.717, 1.165) is 47.0 Å². The lowest BCUT2D eigenvalue weighted by atomic mass is 9.69. The number of hydrogen-bond acceptors (Lipinski definition) is 3. The van der Waals surface area contributed by atoms with Gasteiger partial charge in [0, 0.05) is 35.0 Å². The molecular formula is C56H64N2O. The Morgan fingerprint density at radius 2 is 1.19 bits per heavy atom. The summed E-state index contributed by atoms with van der Waals surface area (Å²) in [5.74, 6) is 1.36. The Morgan fingerprint density at radius 1 is 0.610 bits per heavy atom. The normalized spacial score (nSPS) is 12.7. The molecule has 0 bridgehead atoms. The molecule has 0 amide bonds. The van der Waals surface area contributed by atoms with Crippen LogP contribution in [0.2, 0.25) is 0 Å². The van der Waals surface area contributed by atoms with Gasteiger partial charge in [0.1, 0.15) is 12.4 Å². The van der Waals surface area contributed by atoms with Gasteiger partial charge in [-0.2, -0.15) is 0 Å². The lowest BCUT2D eigenvalue weighted by Crippen LogP contribution is -2.23. The number of hydrogen-bond donors (Lipinski definition) is 0. The molecule has 0 spiro atoms. The zero-order valence-electron chi connectivity index (χ0n) is 36.9. The molecule has 3 nitrogen and oxygen atoms in total. The molecule has 0 aliphatic heterocycles. The molecule has 0 aliphatic rings. The number of ether oxygens (including phenoxy) is 1. The Morgan fingerprint density at radius 3 is 1.78 bits per heavy atom. The van der Waals surface area contributed by atoms with Crippen LogP contribution in [-0.4, -0.2) is 6.54 Å². The fourth-order valence-corrected chi connectivity index (χ4v) is 7.74. The molecule has 304 valence electrons. The first-order valence-corrected chi connectivity index (χ1v) is 21.3. The third-order valence-electron chi connectivity index (χ3n) is 10.9. The van der Waals surface area contributed by atoms with Crippen molar-refractivity contribution in [1.82, 2.24) is 0 Å². The van der Waals surface area contributed by atoms with E-state index in [0.29, 0.717) is 19.1 Å². The Balaban J connectivity index is 1.22. The molecule has 1 unspecified atom stereocenters. The van der Waals surface area contributed by atoms with Crippen LogP contribution in [0.25, 0.3) is 5.57 Å². The van der Waals surface area contributed by atoms with Crippen molar-refractivity contribution in [1.29, 1.82) is 0 Å². The van der Waals surface area contributed by atoms with Crippen molar-refractivity contribution in [3.63, 3.8) is 0 Å². The summed E-state index contributed by atoms with van der Waals surface area (Å²) >= 11 is 0. The molecule has 0 radical (unpaired) electrons. The summed E-state index contributed by atoms with van der Waals surface area (Å²) in [6.45, 7) is 21.8. The summed E-state index contributed by atoms with van der Waals surface area (Å²) in [5, 5.41) is 0. The van der Waals surface area contributed by atoms with Crippen molar-refractivity contribution in [2.24, 2.45) is 10.8 Å². The Hall–Kier alpha value is -5.80. The number of allylic oxidation sites excluding steroid dienone is 3. The summed E-state index contributed by atoms with van der Waals surface area (Å²) in [4.78, 5) is 4.70. The third-order valence-corrected chi connectivity index (χ3v) is 10.9. The Kier molecular flexibility index (Phi) is 14.0. The quantitative estimate of drug-likeness (QED) is 0.0965. The topological polar surface area (TPSA) is 15.7 Å². The van der Waals surface area contributed by atoms with Crippen LogP contribution in [0.5, 0.6) is 5.75 Å². The highest BCUT2D eigenvalue weighted by molar-refractivity contribution is 5.80. The zero-order valence-corrected chi connectivity index (χ0v) is 36.9. The van der Waals surface area contributed by atoms with E-state index in [2.05, 4.69) is 242 Å². The fraction of sp³-hybridized carbons (Fsp3) is 0.286. The van der Waals surface area contributed by atoms with Crippen LogP contribution in [-0.2, 0) is 6.61 Å². The van der Waals surface area contributed by atoms with Crippen LogP contribution in [0.1, 0.15) is 95.0 Å². The minimum Gasteiger partial charge on any atom is -0.489 e. The van der Waals surface area contributed by atoms with Gasteiger partial charge in [-0.15, -0.1) is 0 Å². The standard InChI is InChI=1S/C56H64N2O/c1-10-11-19-45(46-28-30-50(31-29-46)58(49-20-13-12-14-21-49)52-23-16-18-43(3)39-52)36-37-57(51-22-15-17-42(2)38-51)48-32-34-53(35-33-48)59-41-44-24-26-47(27-25-44)54(56(7,8)9)40-55(4,5)6/h11-36,38-39,54H,10,37,40-41H2,1-9H3/b19-11-,45-36+. The van der Waals surface area contributed by atoms with E-state index in [1.165, 1.54) is 33.4 Å². The summed E-state index contributed by atoms with van der Waals surface area (Å²) < 4.78 is 6.35. The number of aryl methyl sites for hydroxylation is 2. The van der Waals surface area contributed by atoms with Crippen LogP contribution < -0.4 is 14.5 Å². The van der Waals surface area contributed by atoms with E-state index in [1.54, 1.807) is 0 Å². The molecule has 0 aromatic heterocycles. The molecule has 6 aromatic rings. The van der Waals surface area contributed by atoms with Gasteiger partial charge in [-0.1, -0.05) is 146 Å². The molecule has 6 rings (SSSR count). The van der Waals surface area contributed by atoms with E-state index in [4.69, 9.17) is 4.74 Å². The molecule has 59 heavy (non-hydrogen) atoms. The highest BCUT2D eigenvalue weighted by atomic mass is 16.5. The fourth-order valence-electron chi connectivity index (χ4n) is 7.74. The van der Waals surface area contributed by atoms with Crippen LogP contribution in [0.4, 0.5) is 28.4 Å². The minimum absolute atomic E-state index is 0.196. The van der Waals surface area contributed by atoms with Crippen LogP contribution >= 0.6 is 0 Å². The van der Waals surface area contributed by atoms with E-state index in [9.17, 15) is 0 Å². The molecule has 1 atom stereocenters. The lowest BCUT2D eigenvalue weighted by molar-refractivity contribution is 0.229. The Labute approximate surface area is 355 Å². The number of nitrogens with zero attached hydrogens (tertiary/aromatic N) is 2. The molecule has 0 saturated heterocycles. The summed E-state index contributed by atoms with van der Waals surface area (Å²) in [6, 6.07) is 54.6. The monoisotopic (exact) mass is 781 g/mol. The number of rotatable bonds is 15. The lowest BCUT2D eigenvalue weighted by Gasteiger charge is -2.36. The third kappa shape index (κ3) is 11.9. The number of para-hydroxylation sites is 1. The van der Waals surface area contributed by atoms with E-state index in [1.807, 2.05) is 0 Å². The zero-order chi connectivity index (χ0) is 42.0.